The fourth-order valence-electron chi connectivity index (χ4n) is 2.80. The molecule has 0 aromatic heterocycles. The predicted molar refractivity (Wildman–Crippen MR) is 94.5 cm³/mol. The van der Waals surface area contributed by atoms with Crippen molar-refractivity contribution in [3.8, 4) is 5.75 Å². The van der Waals surface area contributed by atoms with E-state index in [9.17, 15) is 9.59 Å². The van der Waals surface area contributed by atoms with Gasteiger partial charge in [-0.15, -0.1) is 0 Å². The molecule has 1 aromatic carbocycles. The number of esters is 1. The molecular weight excluding hydrogens is 305 g/mol. The van der Waals surface area contributed by atoms with Crippen molar-refractivity contribution in [3.63, 3.8) is 0 Å². The molecule has 1 aromatic rings. The Morgan fingerprint density at radius 2 is 2.08 bits per heavy atom. The fraction of sp³-hybridized carbons (Fsp3) is 0.556. The summed E-state index contributed by atoms with van der Waals surface area (Å²) < 4.78 is 11.2. The first kappa shape index (κ1) is 18.4. The molecule has 0 aliphatic carbocycles. The lowest BCUT2D eigenvalue weighted by atomic mass is 9.79. The molecule has 1 unspecified atom stereocenters. The Morgan fingerprint density at radius 1 is 1.33 bits per heavy atom. The van der Waals surface area contributed by atoms with Crippen molar-refractivity contribution in [3.05, 3.63) is 29.3 Å². The molecule has 24 heavy (non-hydrogen) atoms. The van der Waals surface area contributed by atoms with Crippen LogP contribution >= 0.6 is 0 Å². The third kappa shape index (κ3) is 4.52. The van der Waals surface area contributed by atoms with Crippen LogP contribution in [-0.4, -0.2) is 31.9 Å². The van der Waals surface area contributed by atoms with E-state index in [4.69, 9.17) is 9.39 Å². The summed E-state index contributed by atoms with van der Waals surface area (Å²) in [6, 6.07) is 5.50. The van der Waals surface area contributed by atoms with Gasteiger partial charge < -0.3 is 14.7 Å². The Bertz CT molecular complexity index is 586. The number of amides is 1. The number of benzene rings is 1. The highest BCUT2D eigenvalue weighted by atomic mass is 16.5. The van der Waals surface area contributed by atoms with Gasteiger partial charge in [-0.25, -0.2) is 4.79 Å². The summed E-state index contributed by atoms with van der Waals surface area (Å²) in [5.74, 6) is 0.598. The molecule has 0 radical (unpaired) electrons. The first-order valence-corrected chi connectivity index (χ1v) is 8.80. The highest BCUT2D eigenvalue weighted by molar-refractivity contribution is 6.32. The van der Waals surface area contributed by atoms with Gasteiger partial charge >= 0.3 is 13.5 Å². The number of para-hydroxylation sites is 1. The molecule has 6 heteroatoms. The number of ether oxygens (including phenoxy) is 1. The zero-order valence-electron chi connectivity index (χ0n) is 14.8. The van der Waals surface area contributed by atoms with E-state index in [0.29, 0.717) is 44.2 Å². The molecule has 1 aliphatic heterocycles. The molecule has 1 heterocycles. The summed E-state index contributed by atoms with van der Waals surface area (Å²) in [5, 5.41) is 2.93. The van der Waals surface area contributed by atoms with Crippen molar-refractivity contribution >= 4 is 19.4 Å². The number of hydrogen-bond donors (Lipinski definition) is 1. The van der Waals surface area contributed by atoms with Crippen LogP contribution in [0, 0.1) is 5.92 Å². The van der Waals surface area contributed by atoms with E-state index in [0.717, 1.165) is 18.4 Å². The Hall–Kier alpha value is -1.98. The summed E-state index contributed by atoms with van der Waals surface area (Å²) >= 11 is 0. The highest BCUT2D eigenvalue weighted by Crippen LogP contribution is 2.29. The smallest absolute Gasteiger partial charge is 0.363 e. The van der Waals surface area contributed by atoms with E-state index in [1.807, 2.05) is 19.1 Å². The maximum Gasteiger partial charge on any atom is 0.363 e. The zero-order chi connectivity index (χ0) is 17.5. The standard InChI is InChI=1S/C18H26BNO4/c1-4-12(5-2)11-23-18(22)14-9-7-8-13-10-15(19-24-17(13)14)20-16(21)6-3/h7-9,12,15,19H,4-6,10-11H2,1-3H3,(H,20,21). The Kier molecular flexibility index (Phi) is 6.70. The molecule has 5 nitrogen and oxygen atoms in total. The van der Waals surface area contributed by atoms with Crippen molar-refractivity contribution in [2.45, 2.75) is 52.4 Å². The molecule has 0 bridgehead atoms. The van der Waals surface area contributed by atoms with Crippen molar-refractivity contribution in [2.75, 3.05) is 6.61 Å². The number of nitrogens with one attached hydrogen (secondary N) is 1. The van der Waals surface area contributed by atoms with Gasteiger partial charge in [0.25, 0.3) is 0 Å². The lowest BCUT2D eigenvalue weighted by molar-refractivity contribution is -0.121. The van der Waals surface area contributed by atoms with Gasteiger partial charge in [0.1, 0.15) is 11.3 Å². The minimum absolute atomic E-state index is 0.00721. The summed E-state index contributed by atoms with van der Waals surface area (Å²) in [6.07, 6.45) is 3.10. The molecular formula is C18H26BNO4. The first-order chi connectivity index (χ1) is 11.6. The Labute approximate surface area is 144 Å². The summed E-state index contributed by atoms with van der Waals surface area (Å²) in [6.45, 7) is 6.45. The van der Waals surface area contributed by atoms with Crippen LogP contribution in [0.1, 0.15) is 56.0 Å². The zero-order valence-corrected chi connectivity index (χ0v) is 14.8. The maximum atomic E-state index is 12.4. The van der Waals surface area contributed by atoms with E-state index in [1.165, 1.54) is 0 Å². The van der Waals surface area contributed by atoms with Crippen LogP contribution in [0.4, 0.5) is 0 Å². The third-order valence-electron chi connectivity index (χ3n) is 4.50. The molecule has 1 atom stereocenters. The molecule has 0 saturated carbocycles. The van der Waals surface area contributed by atoms with Gasteiger partial charge in [0.2, 0.25) is 5.91 Å². The van der Waals surface area contributed by atoms with Crippen molar-refractivity contribution in [1.29, 1.82) is 0 Å². The van der Waals surface area contributed by atoms with E-state index < -0.39 is 0 Å². The average Bonchev–Trinajstić information content (AvgIpc) is 2.61. The number of rotatable bonds is 7. The lowest BCUT2D eigenvalue weighted by Gasteiger charge is -2.26. The van der Waals surface area contributed by atoms with Gasteiger partial charge in [-0.3, -0.25) is 4.79 Å². The SMILES string of the molecule is CCC(=O)NC1BOc2c(cccc2C(=O)OCC(CC)CC)C1. The maximum absolute atomic E-state index is 12.4. The van der Waals surface area contributed by atoms with Crippen LogP contribution in [-0.2, 0) is 16.0 Å². The largest absolute Gasteiger partial charge is 0.561 e. The van der Waals surface area contributed by atoms with E-state index in [-0.39, 0.29) is 17.8 Å². The van der Waals surface area contributed by atoms with Crippen LogP contribution in [0.25, 0.3) is 0 Å². The number of fused-ring (bicyclic) bond motifs is 1. The molecule has 130 valence electrons. The van der Waals surface area contributed by atoms with E-state index >= 15 is 0 Å². The van der Waals surface area contributed by atoms with Crippen LogP contribution in [0.5, 0.6) is 5.75 Å². The lowest BCUT2D eigenvalue weighted by Crippen LogP contribution is -2.45. The second-order valence-electron chi connectivity index (χ2n) is 6.21. The topological polar surface area (TPSA) is 64.6 Å². The molecule has 0 fully saturated rings. The van der Waals surface area contributed by atoms with Crippen molar-refractivity contribution < 1.29 is 19.0 Å². The van der Waals surface area contributed by atoms with Crippen LogP contribution < -0.4 is 9.97 Å². The summed E-state index contributed by atoms with van der Waals surface area (Å²) in [7, 11) is 0.371. The molecule has 2 rings (SSSR count). The van der Waals surface area contributed by atoms with Crippen LogP contribution in [0.15, 0.2) is 18.2 Å². The third-order valence-corrected chi connectivity index (χ3v) is 4.50. The Balaban J connectivity index is 2.05. The first-order valence-electron chi connectivity index (χ1n) is 8.80. The fourth-order valence-corrected chi connectivity index (χ4v) is 2.80. The number of hydrogen-bond acceptors (Lipinski definition) is 4. The predicted octanol–water partition coefficient (Wildman–Crippen LogP) is 2.42. The molecule has 1 aliphatic rings. The van der Waals surface area contributed by atoms with Crippen molar-refractivity contribution in [1.82, 2.24) is 5.32 Å². The molecule has 1 N–H and O–H groups in total. The van der Waals surface area contributed by atoms with Gasteiger partial charge in [0.15, 0.2) is 0 Å². The van der Waals surface area contributed by atoms with Gasteiger partial charge in [-0.05, 0) is 24.0 Å². The average molecular weight is 331 g/mol. The molecule has 0 saturated heterocycles. The summed E-state index contributed by atoms with van der Waals surface area (Å²) in [5.41, 5.74) is 1.40. The van der Waals surface area contributed by atoms with Gasteiger partial charge in [0.05, 0.1) is 6.61 Å². The minimum Gasteiger partial charge on any atom is -0.561 e. The second-order valence-corrected chi connectivity index (χ2v) is 6.21. The molecule has 1 amide bonds. The van der Waals surface area contributed by atoms with Gasteiger partial charge in [0, 0.05) is 12.4 Å². The molecule has 0 spiro atoms. The quantitative estimate of drug-likeness (QED) is 0.616. The summed E-state index contributed by atoms with van der Waals surface area (Å²) in [4.78, 5) is 23.9. The van der Waals surface area contributed by atoms with Crippen molar-refractivity contribution in [2.24, 2.45) is 5.92 Å². The van der Waals surface area contributed by atoms with E-state index in [1.54, 1.807) is 6.07 Å². The van der Waals surface area contributed by atoms with Crippen LogP contribution in [0.3, 0.4) is 0 Å². The van der Waals surface area contributed by atoms with Gasteiger partial charge in [-0.1, -0.05) is 45.7 Å². The normalized spacial score (nSPS) is 15.9. The number of carbonyl (C=O) groups excluding carboxylic acids is 2. The number of carbonyl (C=O) groups is 2. The van der Waals surface area contributed by atoms with Crippen LogP contribution in [0.2, 0.25) is 0 Å². The monoisotopic (exact) mass is 331 g/mol. The minimum atomic E-state index is -0.338. The Morgan fingerprint density at radius 3 is 2.75 bits per heavy atom. The highest BCUT2D eigenvalue weighted by Gasteiger charge is 2.27. The second kappa shape index (κ2) is 8.76. The van der Waals surface area contributed by atoms with Gasteiger partial charge in [-0.2, -0.15) is 0 Å². The van der Waals surface area contributed by atoms with E-state index in [2.05, 4.69) is 19.2 Å².